The average molecular weight is 438 g/mol. The van der Waals surface area contributed by atoms with E-state index in [2.05, 4.69) is 26.1 Å². The number of nitrogens with one attached hydrogen (secondary N) is 1. The summed E-state index contributed by atoms with van der Waals surface area (Å²) in [7, 11) is 0. The third-order valence-electron chi connectivity index (χ3n) is 3.81. The predicted molar refractivity (Wildman–Crippen MR) is 95.8 cm³/mol. The molecule has 23 heavy (non-hydrogen) atoms. The van der Waals surface area contributed by atoms with Crippen LogP contribution in [0, 0.1) is 6.92 Å². The number of alkyl halides is 3. The molecule has 0 amide bonds. The molecular weight excluding hydrogens is 416 g/mol. The van der Waals surface area contributed by atoms with E-state index >= 15 is 0 Å². The van der Waals surface area contributed by atoms with Gasteiger partial charge in [0.15, 0.2) is 0 Å². The maximum Gasteiger partial charge on any atom is 0.389 e. The van der Waals surface area contributed by atoms with E-state index in [1.54, 1.807) is 0 Å². The summed E-state index contributed by atoms with van der Waals surface area (Å²) in [4.78, 5) is 2.15. The third-order valence-corrected chi connectivity index (χ3v) is 4.50. The molecule has 1 atom stereocenters. The number of halogens is 6. The van der Waals surface area contributed by atoms with Gasteiger partial charge in [0, 0.05) is 43.1 Å². The smallest absolute Gasteiger partial charge is 0.314 e. The molecular formula is C15H22BrCl2F3N2. The predicted octanol–water partition coefficient (Wildman–Crippen LogP) is 4.89. The minimum atomic E-state index is -4.11. The van der Waals surface area contributed by atoms with Crippen LogP contribution in [0.1, 0.15) is 30.0 Å². The van der Waals surface area contributed by atoms with Crippen molar-refractivity contribution in [2.45, 2.75) is 32.0 Å². The molecule has 1 N–H and O–H groups in total. The Morgan fingerprint density at radius 3 is 2.35 bits per heavy atom. The lowest BCUT2D eigenvalue weighted by molar-refractivity contribution is -0.138. The van der Waals surface area contributed by atoms with Gasteiger partial charge in [0.25, 0.3) is 0 Å². The van der Waals surface area contributed by atoms with E-state index < -0.39 is 12.6 Å². The Morgan fingerprint density at radius 1 is 1.22 bits per heavy atom. The van der Waals surface area contributed by atoms with Gasteiger partial charge in [-0.2, -0.15) is 13.2 Å². The van der Waals surface area contributed by atoms with Crippen LogP contribution in [-0.2, 0) is 0 Å². The van der Waals surface area contributed by atoms with Crippen LogP contribution in [0.25, 0.3) is 0 Å². The van der Waals surface area contributed by atoms with Gasteiger partial charge in [0.2, 0.25) is 0 Å². The van der Waals surface area contributed by atoms with E-state index in [0.717, 1.165) is 41.8 Å². The maximum absolute atomic E-state index is 12.6. The fourth-order valence-electron chi connectivity index (χ4n) is 2.73. The largest absolute Gasteiger partial charge is 0.389 e. The van der Waals surface area contributed by atoms with Crippen LogP contribution in [0.4, 0.5) is 13.2 Å². The van der Waals surface area contributed by atoms with Gasteiger partial charge >= 0.3 is 6.18 Å². The monoisotopic (exact) mass is 436 g/mol. The van der Waals surface area contributed by atoms with E-state index in [4.69, 9.17) is 0 Å². The summed E-state index contributed by atoms with van der Waals surface area (Å²) in [5, 5.41) is 3.24. The van der Waals surface area contributed by atoms with Crippen LogP contribution in [0.15, 0.2) is 22.7 Å². The lowest BCUT2D eigenvalue weighted by atomic mass is 9.98. The molecule has 1 aromatic rings. The minimum absolute atomic E-state index is 0. The summed E-state index contributed by atoms with van der Waals surface area (Å²) < 4.78 is 38.8. The first-order valence-corrected chi connectivity index (χ1v) is 7.94. The fourth-order valence-corrected chi connectivity index (χ4v) is 3.49. The average Bonchev–Trinajstić information content (AvgIpc) is 2.41. The first-order valence-electron chi connectivity index (χ1n) is 7.14. The zero-order valence-corrected chi connectivity index (χ0v) is 16.0. The summed E-state index contributed by atoms with van der Waals surface area (Å²) in [6, 6.07) is 5.69. The van der Waals surface area contributed by atoms with Crippen LogP contribution in [-0.4, -0.2) is 37.3 Å². The molecule has 0 saturated carbocycles. The molecule has 1 saturated heterocycles. The lowest BCUT2D eigenvalue weighted by Gasteiger charge is -2.36. The Morgan fingerprint density at radius 2 is 1.83 bits per heavy atom. The summed E-state index contributed by atoms with van der Waals surface area (Å²) in [6.45, 7) is 5.19. The summed E-state index contributed by atoms with van der Waals surface area (Å²) in [5.41, 5.74) is 2.05. The van der Waals surface area contributed by atoms with Crippen molar-refractivity contribution >= 4 is 40.7 Å². The summed E-state index contributed by atoms with van der Waals surface area (Å²) in [5.74, 6) is 0. The van der Waals surface area contributed by atoms with Gasteiger partial charge in [-0.25, -0.2) is 0 Å². The van der Waals surface area contributed by atoms with Crippen LogP contribution in [0.5, 0.6) is 0 Å². The maximum atomic E-state index is 12.6. The van der Waals surface area contributed by atoms with Crippen LogP contribution in [0.2, 0.25) is 0 Å². The van der Waals surface area contributed by atoms with Gasteiger partial charge in [-0.3, -0.25) is 4.90 Å². The van der Waals surface area contributed by atoms with Crippen LogP contribution < -0.4 is 5.32 Å². The van der Waals surface area contributed by atoms with E-state index in [1.165, 1.54) is 0 Å². The Hall–Kier alpha value is -0.0100. The second-order valence-corrected chi connectivity index (χ2v) is 6.33. The molecule has 0 unspecified atom stereocenters. The van der Waals surface area contributed by atoms with Gasteiger partial charge in [-0.1, -0.05) is 28.1 Å². The first kappa shape index (κ1) is 23.0. The lowest BCUT2D eigenvalue weighted by Crippen LogP contribution is -2.45. The number of nitrogens with zero attached hydrogens (tertiary/aromatic N) is 1. The molecule has 1 aliphatic heterocycles. The highest BCUT2D eigenvalue weighted by atomic mass is 79.9. The van der Waals surface area contributed by atoms with E-state index in [1.807, 2.05) is 25.1 Å². The van der Waals surface area contributed by atoms with E-state index in [0.29, 0.717) is 0 Å². The van der Waals surface area contributed by atoms with Gasteiger partial charge in [-0.15, -0.1) is 24.8 Å². The van der Waals surface area contributed by atoms with Crippen LogP contribution in [0.3, 0.4) is 0 Å². The van der Waals surface area contributed by atoms with Crippen molar-refractivity contribution in [3.05, 3.63) is 33.8 Å². The zero-order chi connectivity index (χ0) is 15.5. The molecule has 0 bridgehead atoms. The Bertz CT molecular complexity index is 480. The summed E-state index contributed by atoms with van der Waals surface area (Å²) in [6.07, 6.45) is -4.75. The van der Waals surface area contributed by atoms with E-state index in [-0.39, 0.29) is 37.3 Å². The van der Waals surface area contributed by atoms with Gasteiger partial charge in [-0.05, 0) is 30.5 Å². The van der Waals surface area contributed by atoms with Crippen molar-refractivity contribution in [1.82, 2.24) is 10.2 Å². The van der Waals surface area contributed by atoms with Gasteiger partial charge in [0.1, 0.15) is 0 Å². The SMILES string of the molecule is Cc1ccc([C@@H](CCC(F)(F)F)N2CCNCC2)c(Br)c1.Cl.Cl. The second-order valence-electron chi connectivity index (χ2n) is 5.48. The van der Waals surface area contributed by atoms with Crippen molar-refractivity contribution in [3.63, 3.8) is 0 Å². The second kappa shape index (κ2) is 10.1. The number of rotatable bonds is 4. The molecule has 0 aromatic heterocycles. The Labute approximate surface area is 156 Å². The normalized spacial score (nSPS) is 17.1. The van der Waals surface area contributed by atoms with Gasteiger partial charge < -0.3 is 5.32 Å². The standard InChI is InChI=1S/C15H20BrF3N2.2ClH/c1-11-2-3-12(13(16)10-11)14(4-5-15(17,18)19)21-8-6-20-7-9-21;;/h2-3,10,14,20H,4-9H2,1H3;2*1H/t14-;;/m1../s1. The molecule has 0 aliphatic carbocycles. The number of piperazine rings is 1. The number of hydrogen-bond donors (Lipinski definition) is 1. The highest BCUT2D eigenvalue weighted by molar-refractivity contribution is 9.10. The zero-order valence-electron chi connectivity index (χ0n) is 12.8. The molecule has 2 rings (SSSR count). The quantitative estimate of drug-likeness (QED) is 0.721. The minimum Gasteiger partial charge on any atom is -0.314 e. The number of hydrogen-bond acceptors (Lipinski definition) is 2. The van der Waals surface area contributed by atoms with Crippen molar-refractivity contribution in [2.75, 3.05) is 26.2 Å². The Kier molecular flexibility index (Phi) is 10.1. The molecule has 0 spiro atoms. The number of benzene rings is 1. The molecule has 1 aromatic carbocycles. The molecule has 0 radical (unpaired) electrons. The topological polar surface area (TPSA) is 15.3 Å². The van der Waals surface area contributed by atoms with E-state index in [9.17, 15) is 13.2 Å². The molecule has 1 aliphatic rings. The highest BCUT2D eigenvalue weighted by Crippen LogP contribution is 2.35. The van der Waals surface area contributed by atoms with Gasteiger partial charge in [0.05, 0.1) is 0 Å². The molecule has 8 heteroatoms. The number of aryl methyl sites for hydroxylation is 1. The third kappa shape index (κ3) is 7.18. The van der Waals surface area contributed by atoms with Crippen molar-refractivity contribution in [2.24, 2.45) is 0 Å². The molecule has 134 valence electrons. The van der Waals surface area contributed by atoms with Crippen molar-refractivity contribution in [3.8, 4) is 0 Å². The molecule has 1 fully saturated rings. The molecule has 2 nitrogen and oxygen atoms in total. The van der Waals surface area contributed by atoms with Crippen molar-refractivity contribution in [1.29, 1.82) is 0 Å². The molecule has 1 heterocycles. The van der Waals surface area contributed by atoms with Crippen LogP contribution >= 0.6 is 40.7 Å². The van der Waals surface area contributed by atoms with Crippen molar-refractivity contribution < 1.29 is 13.2 Å². The first-order chi connectivity index (χ1) is 9.87. The highest BCUT2D eigenvalue weighted by Gasteiger charge is 2.31. The summed E-state index contributed by atoms with van der Waals surface area (Å²) >= 11 is 3.51. The fraction of sp³-hybridized carbons (Fsp3) is 0.600. The Balaban J connectivity index is 0.00000242.